The molecule has 3 aromatic rings. The highest BCUT2D eigenvalue weighted by Crippen LogP contribution is 2.25. The predicted molar refractivity (Wildman–Crippen MR) is 112 cm³/mol. The Morgan fingerprint density at radius 2 is 1.72 bits per heavy atom. The van der Waals surface area contributed by atoms with E-state index in [1.54, 1.807) is 18.3 Å². The van der Waals surface area contributed by atoms with Crippen LogP contribution in [-0.2, 0) is 0 Å². The van der Waals surface area contributed by atoms with Crippen molar-refractivity contribution in [2.24, 2.45) is 0 Å². The van der Waals surface area contributed by atoms with E-state index in [0.717, 1.165) is 49.4 Å². The highest BCUT2D eigenvalue weighted by molar-refractivity contribution is 5.63. The fourth-order valence-electron chi connectivity index (χ4n) is 3.55. The zero-order chi connectivity index (χ0) is 19.9. The van der Waals surface area contributed by atoms with Crippen molar-refractivity contribution in [1.82, 2.24) is 9.88 Å². The molecule has 2 aromatic carbocycles. The minimum Gasteiger partial charge on any atom is -0.492 e. The van der Waals surface area contributed by atoms with E-state index < -0.39 is 0 Å². The second kappa shape index (κ2) is 9.52. The number of likely N-dealkylation sites (tertiary alicyclic amines) is 1. The average molecular weight is 392 g/mol. The molecule has 0 aliphatic carbocycles. The van der Waals surface area contributed by atoms with Crippen molar-refractivity contribution in [3.8, 4) is 22.6 Å². The Balaban J connectivity index is 1.22. The van der Waals surface area contributed by atoms with Gasteiger partial charge in [0.05, 0.1) is 0 Å². The fraction of sp³-hybridized carbons (Fsp3) is 0.292. The molecule has 0 spiro atoms. The Kier molecular flexibility index (Phi) is 6.37. The maximum atomic E-state index is 12.9. The number of hydrogen-bond donors (Lipinski definition) is 0. The van der Waals surface area contributed by atoms with Crippen molar-refractivity contribution in [2.45, 2.75) is 18.9 Å². The smallest absolute Gasteiger partial charge is 0.123 e. The number of pyridine rings is 1. The van der Waals surface area contributed by atoms with Gasteiger partial charge in [-0.15, -0.1) is 0 Å². The largest absolute Gasteiger partial charge is 0.492 e. The third-order valence-corrected chi connectivity index (χ3v) is 5.16. The molecule has 150 valence electrons. The van der Waals surface area contributed by atoms with E-state index in [2.05, 4.69) is 28.1 Å². The monoisotopic (exact) mass is 392 g/mol. The molecular weight excluding hydrogens is 367 g/mol. The molecule has 0 saturated carbocycles. The van der Waals surface area contributed by atoms with E-state index in [1.807, 2.05) is 24.4 Å². The van der Waals surface area contributed by atoms with E-state index in [-0.39, 0.29) is 11.9 Å². The predicted octanol–water partition coefficient (Wildman–Crippen LogP) is 4.81. The van der Waals surface area contributed by atoms with Crippen LogP contribution in [0.4, 0.5) is 4.39 Å². The van der Waals surface area contributed by atoms with Crippen molar-refractivity contribution in [3.05, 3.63) is 78.9 Å². The molecule has 1 saturated heterocycles. The maximum absolute atomic E-state index is 12.9. The van der Waals surface area contributed by atoms with Crippen LogP contribution < -0.4 is 9.47 Å². The van der Waals surface area contributed by atoms with Crippen LogP contribution >= 0.6 is 0 Å². The summed E-state index contributed by atoms with van der Waals surface area (Å²) in [5.41, 5.74) is 2.21. The van der Waals surface area contributed by atoms with Gasteiger partial charge in [-0.05, 0) is 60.9 Å². The molecule has 4 rings (SSSR count). The summed E-state index contributed by atoms with van der Waals surface area (Å²) in [5, 5.41) is 0. The van der Waals surface area contributed by atoms with E-state index in [0.29, 0.717) is 12.4 Å². The van der Waals surface area contributed by atoms with Crippen molar-refractivity contribution >= 4 is 0 Å². The molecule has 0 atom stereocenters. The minimum absolute atomic E-state index is 0.230. The molecule has 2 heterocycles. The van der Waals surface area contributed by atoms with Crippen LogP contribution in [0.15, 0.2) is 73.1 Å². The van der Waals surface area contributed by atoms with Gasteiger partial charge in [-0.1, -0.05) is 18.2 Å². The summed E-state index contributed by atoms with van der Waals surface area (Å²) >= 11 is 0. The Morgan fingerprint density at radius 1 is 0.931 bits per heavy atom. The van der Waals surface area contributed by atoms with Crippen molar-refractivity contribution in [1.29, 1.82) is 0 Å². The molecule has 0 bridgehead atoms. The molecular formula is C24H25FN2O2. The lowest BCUT2D eigenvalue weighted by atomic mass is 10.1. The summed E-state index contributed by atoms with van der Waals surface area (Å²) in [6, 6.07) is 18.4. The number of hydrogen-bond acceptors (Lipinski definition) is 4. The summed E-state index contributed by atoms with van der Waals surface area (Å²) in [4.78, 5) is 6.57. The van der Waals surface area contributed by atoms with Gasteiger partial charge in [0.1, 0.15) is 30.0 Å². The van der Waals surface area contributed by atoms with Crippen LogP contribution in [0.5, 0.6) is 11.5 Å². The van der Waals surface area contributed by atoms with Crippen LogP contribution in [0.3, 0.4) is 0 Å². The van der Waals surface area contributed by atoms with Crippen LogP contribution in [-0.4, -0.2) is 42.2 Å². The average Bonchev–Trinajstić information content (AvgIpc) is 2.77. The van der Waals surface area contributed by atoms with Crippen LogP contribution in [0, 0.1) is 5.82 Å². The molecule has 5 heteroatoms. The lowest BCUT2D eigenvalue weighted by Gasteiger charge is -2.32. The van der Waals surface area contributed by atoms with E-state index in [9.17, 15) is 4.39 Å². The van der Waals surface area contributed by atoms with Crippen molar-refractivity contribution in [3.63, 3.8) is 0 Å². The molecule has 0 amide bonds. The number of ether oxygens (including phenoxy) is 2. The van der Waals surface area contributed by atoms with E-state index in [4.69, 9.17) is 9.47 Å². The first-order chi connectivity index (χ1) is 14.3. The Hall–Kier alpha value is -2.92. The molecule has 1 fully saturated rings. The van der Waals surface area contributed by atoms with Crippen molar-refractivity contribution < 1.29 is 13.9 Å². The van der Waals surface area contributed by atoms with Gasteiger partial charge in [0.15, 0.2) is 0 Å². The van der Waals surface area contributed by atoms with E-state index in [1.165, 1.54) is 12.1 Å². The zero-order valence-electron chi connectivity index (χ0n) is 16.3. The molecule has 0 N–H and O–H groups in total. The first-order valence-electron chi connectivity index (χ1n) is 10.0. The Morgan fingerprint density at radius 3 is 2.48 bits per heavy atom. The lowest BCUT2D eigenvalue weighted by Crippen LogP contribution is -2.40. The second-order valence-corrected chi connectivity index (χ2v) is 7.23. The highest BCUT2D eigenvalue weighted by atomic mass is 19.1. The topological polar surface area (TPSA) is 34.6 Å². The number of halogens is 1. The van der Waals surface area contributed by atoms with Crippen LogP contribution in [0.2, 0.25) is 0 Å². The second-order valence-electron chi connectivity index (χ2n) is 7.23. The molecule has 1 aliphatic heterocycles. The summed E-state index contributed by atoms with van der Waals surface area (Å²) in [6.07, 6.45) is 5.86. The van der Waals surface area contributed by atoms with Gasteiger partial charge in [0.2, 0.25) is 0 Å². The number of benzene rings is 2. The fourth-order valence-corrected chi connectivity index (χ4v) is 3.55. The SMILES string of the molecule is Fc1ccc(OCCN2CCC(Oc3cccc(-c4cccnc4)c3)CC2)cc1. The van der Waals surface area contributed by atoms with Gasteiger partial charge in [0.25, 0.3) is 0 Å². The van der Waals surface area contributed by atoms with Gasteiger partial charge in [-0.25, -0.2) is 4.39 Å². The Bertz CT molecular complexity index is 894. The lowest BCUT2D eigenvalue weighted by molar-refractivity contribution is 0.0916. The summed E-state index contributed by atoms with van der Waals surface area (Å²) in [5.74, 6) is 1.37. The Labute approximate surface area is 170 Å². The molecule has 1 aromatic heterocycles. The number of piperidine rings is 1. The third kappa shape index (κ3) is 5.55. The zero-order valence-corrected chi connectivity index (χ0v) is 16.3. The van der Waals surface area contributed by atoms with Gasteiger partial charge < -0.3 is 9.47 Å². The highest BCUT2D eigenvalue weighted by Gasteiger charge is 2.20. The summed E-state index contributed by atoms with van der Waals surface area (Å²) < 4.78 is 24.9. The van der Waals surface area contributed by atoms with Gasteiger partial charge >= 0.3 is 0 Å². The summed E-state index contributed by atoms with van der Waals surface area (Å²) in [6.45, 7) is 3.43. The first kappa shape index (κ1) is 19.4. The van der Waals surface area contributed by atoms with Crippen molar-refractivity contribution in [2.75, 3.05) is 26.2 Å². The molecule has 1 aliphatic rings. The number of aromatic nitrogens is 1. The normalized spacial score (nSPS) is 15.2. The number of rotatable bonds is 7. The maximum Gasteiger partial charge on any atom is 0.123 e. The molecule has 0 radical (unpaired) electrons. The van der Waals surface area contributed by atoms with Gasteiger partial charge in [0, 0.05) is 37.6 Å². The number of nitrogens with zero attached hydrogens (tertiary/aromatic N) is 2. The van der Waals surface area contributed by atoms with Gasteiger partial charge in [-0.2, -0.15) is 0 Å². The molecule has 4 nitrogen and oxygen atoms in total. The van der Waals surface area contributed by atoms with Crippen LogP contribution in [0.1, 0.15) is 12.8 Å². The first-order valence-corrected chi connectivity index (χ1v) is 10.0. The summed E-state index contributed by atoms with van der Waals surface area (Å²) in [7, 11) is 0. The third-order valence-electron chi connectivity index (χ3n) is 5.16. The quantitative estimate of drug-likeness (QED) is 0.578. The standard InChI is InChI=1S/C24H25FN2O2/c25-21-6-8-22(9-7-21)28-16-15-27-13-10-23(11-14-27)29-24-5-1-3-19(17-24)20-4-2-12-26-18-20/h1-9,12,17-18,23H,10-11,13-16H2. The molecule has 29 heavy (non-hydrogen) atoms. The van der Waals surface area contributed by atoms with E-state index >= 15 is 0 Å². The van der Waals surface area contributed by atoms with Gasteiger partial charge in [-0.3, -0.25) is 9.88 Å². The molecule has 0 unspecified atom stereocenters. The van der Waals surface area contributed by atoms with Crippen LogP contribution in [0.25, 0.3) is 11.1 Å². The minimum atomic E-state index is -0.245.